The minimum absolute atomic E-state index is 0.0234. The number of ether oxygens (including phenoxy) is 5. The average Bonchev–Trinajstić information content (AvgIpc) is 4.00. The average molecular weight is 897 g/mol. The van der Waals surface area contributed by atoms with Crippen molar-refractivity contribution < 1.29 is 48.0 Å². The van der Waals surface area contributed by atoms with Gasteiger partial charge in [0.2, 0.25) is 17.6 Å². The standard InChI is InChI=1S/C54H60N2O10/c1-53(2,3)65-48(58)29-27-42(34-57)55-50(59)43(30-36-14-8-5-9-15-36)56(4)51(60)39-32-46(63-52(61)38-25-22-35(23-26-38)20-21-37-24-28-44-45(31-37)62-44)49-47(33-39)64-54(66-49,40-16-10-6-11-17-40)41-18-12-7-13-19-41/h5-23,25-26,33,37,42-47,49,57H,24,27-32,34H2,1-4H3,(H,55,59)/t37?,42-,43+,44?,45?,46+,47+,49-/m0/s1. The summed E-state index contributed by atoms with van der Waals surface area (Å²) in [5.41, 5.74) is 3.15. The van der Waals surface area contributed by atoms with E-state index < -0.39 is 72.1 Å². The molecule has 2 N–H and O–H groups in total. The van der Waals surface area contributed by atoms with E-state index in [4.69, 9.17) is 23.7 Å². The number of carbonyl (C=O) groups is 4. The molecule has 12 heteroatoms. The lowest BCUT2D eigenvalue weighted by atomic mass is 9.89. The van der Waals surface area contributed by atoms with Gasteiger partial charge in [0.1, 0.15) is 30.0 Å². The van der Waals surface area contributed by atoms with Crippen molar-refractivity contribution in [2.45, 2.75) is 120 Å². The van der Waals surface area contributed by atoms with Crippen molar-refractivity contribution in [1.82, 2.24) is 10.2 Å². The summed E-state index contributed by atoms with van der Waals surface area (Å²) in [6, 6.07) is 33.8. The summed E-state index contributed by atoms with van der Waals surface area (Å²) in [6.45, 7) is 4.89. The minimum atomic E-state index is -1.41. The normalized spacial score (nSPS) is 23.9. The van der Waals surface area contributed by atoms with Gasteiger partial charge in [0.15, 0.2) is 0 Å². The van der Waals surface area contributed by atoms with Crippen molar-refractivity contribution in [2.75, 3.05) is 13.7 Å². The van der Waals surface area contributed by atoms with Gasteiger partial charge < -0.3 is 39.0 Å². The maximum atomic E-state index is 14.9. The number of hydrogen-bond acceptors (Lipinski definition) is 10. The molecule has 4 aromatic carbocycles. The number of aliphatic hydroxyl groups excluding tert-OH is 1. The maximum absolute atomic E-state index is 14.9. The quantitative estimate of drug-likeness (QED) is 0.0856. The highest BCUT2D eigenvalue weighted by molar-refractivity contribution is 5.97. The lowest BCUT2D eigenvalue weighted by Crippen LogP contribution is -2.53. The third-order valence-electron chi connectivity index (χ3n) is 12.7. The van der Waals surface area contributed by atoms with Gasteiger partial charge in [0.05, 0.1) is 30.4 Å². The van der Waals surface area contributed by atoms with Gasteiger partial charge >= 0.3 is 11.9 Å². The highest BCUT2D eigenvalue weighted by Gasteiger charge is 2.55. The van der Waals surface area contributed by atoms with Gasteiger partial charge in [-0.3, -0.25) is 14.4 Å². The number of hydrogen-bond donors (Lipinski definition) is 2. The Hall–Kier alpha value is -5.92. The smallest absolute Gasteiger partial charge is 0.338 e. The molecule has 3 fully saturated rings. The monoisotopic (exact) mass is 896 g/mol. The Morgan fingerprint density at radius 3 is 2.14 bits per heavy atom. The van der Waals surface area contributed by atoms with Crippen molar-refractivity contribution in [3.63, 3.8) is 0 Å². The lowest BCUT2D eigenvalue weighted by Gasteiger charge is -2.34. The summed E-state index contributed by atoms with van der Waals surface area (Å²) >= 11 is 0. The molecule has 2 saturated heterocycles. The number of nitrogens with zero attached hydrogens (tertiary/aromatic N) is 1. The molecule has 2 aliphatic carbocycles. The van der Waals surface area contributed by atoms with E-state index in [0.29, 0.717) is 23.7 Å². The zero-order valence-corrected chi connectivity index (χ0v) is 38.0. The van der Waals surface area contributed by atoms with Gasteiger partial charge in [0, 0.05) is 43.0 Å². The molecule has 4 aliphatic rings. The number of aliphatic hydroxyl groups is 1. The highest BCUT2D eigenvalue weighted by Crippen LogP contribution is 2.47. The van der Waals surface area contributed by atoms with Crippen molar-refractivity contribution in [1.29, 1.82) is 0 Å². The van der Waals surface area contributed by atoms with Crippen molar-refractivity contribution in [3.05, 3.63) is 161 Å². The molecule has 12 nitrogen and oxygen atoms in total. The zero-order valence-electron chi connectivity index (χ0n) is 38.0. The molecule has 66 heavy (non-hydrogen) atoms. The van der Waals surface area contributed by atoms with Crippen LogP contribution in [0.25, 0.3) is 6.08 Å². The molecule has 346 valence electrons. The summed E-state index contributed by atoms with van der Waals surface area (Å²) in [4.78, 5) is 57.1. The minimum Gasteiger partial charge on any atom is -0.460 e. The predicted octanol–water partition coefficient (Wildman–Crippen LogP) is 7.48. The van der Waals surface area contributed by atoms with Crippen LogP contribution < -0.4 is 5.32 Å². The Labute approximate surface area is 386 Å². The molecule has 0 aromatic heterocycles. The van der Waals surface area contributed by atoms with Gasteiger partial charge in [-0.15, -0.1) is 0 Å². The molecular weight excluding hydrogens is 837 g/mol. The first-order chi connectivity index (χ1) is 31.8. The number of rotatable bonds is 16. The van der Waals surface area contributed by atoms with Crippen LogP contribution in [0, 0.1) is 5.92 Å². The van der Waals surface area contributed by atoms with Crippen LogP contribution in [0.2, 0.25) is 0 Å². The summed E-state index contributed by atoms with van der Waals surface area (Å²) in [5, 5.41) is 13.2. The van der Waals surface area contributed by atoms with E-state index in [1.165, 1.54) is 4.90 Å². The molecule has 4 aromatic rings. The molecule has 0 bridgehead atoms. The van der Waals surface area contributed by atoms with Crippen LogP contribution in [0.5, 0.6) is 0 Å². The van der Waals surface area contributed by atoms with Gasteiger partial charge in [-0.25, -0.2) is 4.79 Å². The van der Waals surface area contributed by atoms with E-state index in [-0.39, 0.29) is 31.3 Å². The van der Waals surface area contributed by atoms with E-state index in [0.717, 1.165) is 41.5 Å². The molecule has 2 heterocycles. The Morgan fingerprint density at radius 2 is 1.52 bits per heavy atom. The van der Waals surface area contributed by atoms with E-state index in [9.17, 15) is 24.3 Å². The number of fused-ring (bicyclic) bond motifs is 2. The molecule has 2 amide bonds. The fourth-order valence-electron chi connectivity index (χ4n) is 9.18. The molecule has 8 atom stereocenters. The molecule has 0 radical (unpaired) electrons. The van der Waals surface area contributed by atoms with Crippen LogP contribution in [0.1, 0.15) is 91.9 Å². The van der Waals surface area contributed by atoms with Crippen molar-refractivity contribution in [2.24, 2.45) is 5.92 Å². The third-order valence-corrected chi connectivity index (χ3v) is 12.7. The first-order valence-corrected chi connectivity index (χ1v) is 23.0. The predicted molar refractivity (Wildman–Crippen MR) is 248 cm³/mol. The number of likely N-dealkylation sites (N-methyl/N-ethyl adjacent to an activating group) is 1. The lowest BCUT2D eigenvalue weighted by molar-refractivity contribution is -0.157. The van der Waals surface area contributed by atoms with E-state index in [1.54, 1.807) is 46.0 Å². The number of esters is 2. The van der Waals surface area contributed by atoms with Crippen molar-refractivity contribution >= 4 is 29.8 Å². The van der Waals surface area contributed by atoms with E-state index in [1.807, 2.05) is 103 Å². The second kappa shape index (κ2) is 20.3. The first kappa shape index (κ1) is 46.6. The zero-order chi connectivity index (χ0) is 46.4. The molecule has 8 rings (SSSR count). The summed E-state index contributed by atoms with van der Waals surface area (Å²) in [7, 11) is 1.56. The fourth-order valence-corrected chi connectivity index (χ4v) is 9.18. The van der Waals surface area contributed by atoms with E-state index >= 15 is 0 Å². The van der Waals surface area contributed by atoms with Crippen LogP contribution >= 0.6 is 0 Å². The van der Waals surface area contributed by atoms with Gasteiger partial charge in [-0.05, 0) is 81.7 Å². The van der Waals surface area contributed by atoms with Crippen LogP contribution in [-0.2, 0) is 50.3 Å². The Kier molecular flexibility index (Phi) is 14.3. The number of benzene rings is 4. The molecule has 1 saturated carbocycles. The molecular formula is C54H60N2O10. The second-order valence-electron chi connectivity index (χ2n) is 18.8. The first-order valence-electron chi connectivity index (χ1n) is 23.0. The van der Waals surface area contributed by atoms with Crippen LogP contribution in [0.3, 0.4) is 0 Å². The summed E-state index contributed by atoms with van der Waals surface area (Å²) in [6.07, 6.45) is 7.69. The Morgan fingerprint density at radius 1 is 0.864 bits per heavy atom. The molecule has 3 unspecified atom stereocenters. The molecule has 0 spiro atoms. The molecule has 2 aliphatic heterocycles. The Bertz CT molecular complexity index is 2340. The number of amides is 2. The van der Waals surface area contributed by atoms with Gasteiger partial charge in [-0.1, -0.05) is 115 Å². The second-order valence-corrected chi connectivity index (χ2v) is 18.8. The van der Waals surface area contributed by atoms with Crippen LogP contribution in [0.15, 0.2) is 133 Å². The SMILES string of the molecule is CN(C(=O)C1=C[C@H]2OC(c3ccccc3)(c3ccccc3)O[C@H]2[C@H](OC(=O)c2ccc(C=CC3CCC4OC4C3)cc2)C1)[C@H](Cc1ccccc1)C(=O)N[C@H](CO)CCC(=O)OC(C)(C)C. The number of allylic oxidation sites excluding steroid dienone is 1. The van der Waals surface area contributed by atoms with Crippen LogP contribution in [-0.4, -0.2) is 95.6 Å². The van der Waals surface area contributed by atoms with Gasteiger partial charge in [0.25, 0.3) is 0 Å². The van der Waals surface area contributed by atoms with Gasteiger partial charge in [-0.2, -0.15) is 0 Å². The number of carbonyl (C=O) groups excluding carboxylic acids is 4. The van der Waals surface area contributed by atoms with Crippen molar-refractivity contribution in [3.8, 4) is 0 Å². The Balaban J connectivity index is 1.06. The largest absolute Gasteiger partial charge is 0.460 e. The summed E-state index contributed by atoms with van der Waals surface area (Å²) in [5.74, 6) is -2.96. The topological polar surface area (TPSA) is 153 Å². The maximum Gasteiger partial charge on any atom is 0.338 e. The fraction of sp³-hybridized carbons (Fsp3) is 0.407. The summed E-state index contributed by atoms with van der Waals surface area (Å²) < 4.78 is 31.4. The van der Waals surface area contributed by atoms with Crippen LogP contribution in [0.4, 0.5) is 0 Å². The number of nitrogens with one attached hydrogen (secondary N) is 1. The van der Waals surface area contributed by atoms with E-state index in [2.05, 4.69) is 17.5 Å². The number of epoxide rings is 1. The third kappa shape index (κ3) is 11.2. The highest BCUT2D eigenvalue weighted by atomic mass is 16.8.